The van der Waals surface area contributed by atoms with Gasteiger partial charge in [-0.2, -0.15) is 0 Å². The lowest BCUT2D eigenvalue weighted by molar-refractivity contribution is -0.145. The Labute approximate surface area is 144 Å². The van der Waals surface area contributed by atoms with Crippen molar-refractivity contribution in [2.24, 2.45) is 11.8 Å². The van der Waals surface area contributed by atoms with Crippen molar-refractivity contribution < 1.29 is 14.3 Å². The SMILES string of the molecule is O=C(NC1CCCCCC1)C1CC=CCC1C(=O)N1CCOCC1. The second-order valence-corrected chi connectivity index (χ2v) is 7.29. The third-order valence-corrected chi connectivity index (χ3v) is 5.61. The Morgan fingerprint density at radius 1 is 0.917 bits per heavy atom. The fourth-order valence-corrected chi connectivity index (χ4v) is 4.13. The van der Waals surface area contributed by atoms with Crippen molar-refractivity contribution in [3.63, 3.8) is 0 Å². The molecule has 0 radical (unpaired) electrons. The van der Waals surface area contributed by atoms with Crippen LogP contribution in [-0.2, 0) is 14.3 Å². The van der Waals surface area contributed by atoms with Crippen molar-refractivity contribution in [1.29, 1.82) is 0 Å². The van der Waals surface area contributed by atoms with Gasteiger partial charge in [0.25, 0.3) is 0 Å². The molecule has 2 atom stereocenters. The quantitative estimate of drug-likeness (QED) is 0.636. The molecule has 2 amide bonds. The summed E-state index contributed by atoms with van der Waals surface area (Å²) in [6, 6.07) is 0.296. The molecule has 0 bridgehead atoms. The number of allylic oxidation sites excluding steroid dienone is 2. The molecular formula is C19H30N2O3. The van der Waals surface area contributed by atoms with E-state index in [9.17, 15) is 9.59 Å². The van der Waals surface area contributed by atoms with Crippen LogP contribution in [0.4, 0.5) is 0 Å². The van der Waals surface area contributed by atoms with Crippen molar-refractivity contribution in [3.05, 3.63) is 12.2 Å². The van der Waals surface area contributed by atoms with Gasteiger partial charge in [0.1, 0.15) is 0 Å². The minimum Gasteiger partial charge on any atom is -0.378 e. The summed E-state index contributed by atoms with van der Waals surface area (Å²) in [4.78, 5) is 27.6. The summed E-state index contributed by atoms with van der Waals surface area (Å²) >= 11 is 0. The Hall–Kier alpha value is -1.36. The average molecular weight is 334 g/mol. The van der Waals surface area contributed by atoms with E-state index in [0.717, 1.165) is 12.8 Å². The van der Waals surface area contributed by atoms with Gasteiger partial charge in [0.05, 0.1) is 25.0 Å². The number of amides is 2. The summed E-state index contributed by atoms with van der Waals surface area (Å²) in [6.45, 7) is 2.51. The van der Waals surface area contributed by atoms with Crippen molar-refractivity contribution >= 4 is 11.8 Å². The Morgan fingerprint density at radius 3 is 2.21 bits per heavy atom. The molecule has 2 aliphatic carbocycles. The molecule has 1 saturated carbocycles. The molecule has 0 aromatic heterocycles. The second-order valence-electron chi connectivity index (χ2n) is 7.29. The topological polar surface area (TPSA) is 58.6 Å². The number of hydrogen-bond donors (Lipinski definition) is 1. The first-order valence-electron chi connectivity index (χ1n) is 9.57. The fourth-order valence-electron chi connectivity index (χ4n) is 4.13. The van der Waals surface area contributed by atoms with Gasteiger partial charge in [-0.3, -0.25) is 9.59 Å². The van der Waals surface area contributed by atoms with E-state index in [1.165, 1.54) is 25.7 Å². The molecule has 1 saturated heterocycles. The lowest BCUT2D eigenvalue weighted by Gasteiger charge is -2.34. The summed E-state index contributed by atoms with van der Waals surface area (Å²) in [7, 11) is 0. The molecule has 3 aliphatic rings. The highest BCUT2D eigenvalue weighted by Crippen LogP contribution is 2.29. The third kappa shape index (κ3) is 4.38. The summed E-state index contributed by atoms with van der Waals surface area (Å²) < 4.78 is 5.34. The lowest BCUT2D eigenvalue weighted by atomic mass is 9.81. The molecule has 1 heterocycles. The zero-order chi connectivity index (χ0) is 16.8. The highest BCUT2D eigenvalue weighted by Gasteiger charge is 2.37. The smallest absolute Gasteiger partial charge is 0.226 e. The number of carbonyl (C=O) groups is 2. The molecule has 0 spiro atoms. The van der Waals surface area contributed by atoms with Crippen LogP contribution >= 0.6 is 0 Å². The van der Waals surface area contributed by atoms with Gasteiger partial charge in [0, 0.05) is 19.1 Å². The third-order valence-electron chi connectivity index (χ3n) is 5.61. The maximum atomic E-state index is 12.9. The number of carbonyl (C=O) groups excluding carboxylic acids is 2. The van der Waals surface area contributed by atoms with Gasteiger partial charge < -0.3 is 15.0 Å². The van der Waals surface area contributed by atoms with Gasteiger partial charge in [-0.25, -0.2) is 0 Å². The monoisotopic (exact) mass is 334 g/mol. The Morgan fingerprint density at radius 2 is 1.54 bits per heavy atom. The van der Waals surface area contributed by atoms with Crippen LogP contribution in [0.15, 0.2) is 12.2 Å². The highest BCUT2D eigenvalue weighted by molar-refractivity contribution is 5.88. The maximum absolute atomic E-state index is 12.9. The number of morpholine rings is 1. The summed E-state index contributed by atoms with van der Waals surface area (Å²) in [5.74, 6) is -0.214. The molecule has 1 N–H and O–H groups in total. The van der Waals surface area contributed by atoms with Gasteiger partial charge in [0.15, 0.2) is 0 Å². The van der Waals surface area contributed by atoms with Crippen LogP contribution in [0, 0.1) is 11.8 Å². The Bertz CT molecular complexity index is 463. The number of nitrogens with one attached hydrogen (secondary N) is 1. The van der Waals surface area contributed by atoms with Crippen LogP contribution in [0.1, 0.15) is 51.4 Å². The van der Waals surface area contributed by atoms with E-state index in [2.05, 4.69) is 17.5 Å². The van der Waals surface area contributed by atoms with Crippen molar-refractivity contribution in [1.82, 2.24) is 10.2 Å². The molecule has 5 nitrogen and oxygen atoms in total. The molecule has 24 heavy (non-hydrogen) atoms. The van der Waals surface area contributed by atoms with Crippen LogP contribution in [0.25, 0.3) is 0 Å². The predicted molar refractivity (Wildman–Crippen MR) is 92.4 cm³/mol. The normalized spacial score (nSPS) is 29.1. The van der Waals surface area contributed by atoms with Crippen molar-refractivity contribution in [2.45, 2.75) is 57.4 Å². The molecule has 134 valence electrons. The minimum atomic E-state index is -0.214. The Balaban J connectivity index is 1.61. The van der Waals surface area contributed by atoms with Gasteiger partial charge in [-0.15, -0.1) is 0 Å². The average Bonchev–Trinajstić information content (AvgIpc) is 2.90. The number of rotatable bonds is 3. The van der Waals surface area contributed by atoms with Gasteiger partial charge in [-0.1, -0.05) is 37.8 Å². The minimum absolute atomic E-state index is 0.0814. The van der Waals surface area contributed by atoms with E-state index >= 15 is 0 Å². The molecular weight excluding hydrogens is 304 g/mol. The lowest BCUT2D eigenvalue weighted by Crippen LogP contribution is -2.49. The first-order chi connectivity index (χ1) is 11.8. The first kappa shape index (κ1) is 17.5. The number of nitrogens with zero attached hydrogens (tertiary/aromatic N) is 1. The largest absolute Gasteiger partial charge is 0.378 e. The van der Waals surface area contributed by atoms with Gasteiger partial charge in [-0.05, 0) is 25.7 Å². The summed E-state index contributed by atoms with van der Waals surface area (Å²) in [5, 5.41) is 3.25. The van der Waals surface area contributed by atoms with Crippen molar-refractivity contribution in [2.75, 3.05) is 26.3 Å². The zero-order valence-electron chi connectivity index (χ0n) is 14.5. The van der Waals surface area contributed by atoms with Crippen LogP contribution in [0.2, 0.25) is 0 Å². The van der Waals surface area contributed by atoms with Crippen LogP contribution in [-0.4, -0.2) is 49.1 Å². The van der Waals surface area contributed by atoms with Crippen LogP contribution < -0.4 is 5.32 Å². The van der Waals surface area contributed by atoms with E-state index in [4.69, 9.17) is 4.74 Å². The molecule has 1 aliphatic heterocycles. The Kier molecular flexibility index (Phi) is 6.30. The molecule has 5 heteroatoms. The van der Waals surface area contributed by atoms with Gasteiger partial charge in [0.2, 0.25) is 11.8 Å². The second kappa shape index (κ2) is 8.65. The fraction of sp³-hybridized carbons (Fsp3) is 0.789. The first-order valence-corrected chi connectivity index (χ1v) is 9.57. The summed E-state index contributed by atoms with van der Waals surface area (Å²) in [5.41, 5.74) is 0. The number of ether oxygens (including phenoxy) is 1. The van der Waals surface area contributed by atoms with Crippen LogP contribution in [0.5, 0.6) is 0 Å². The molecule has 2 fully saturated rings. The molecule has 0 aromatic rings. The maximum Gasteiger partial charge on any atom is 0.226 e. The van der Waals surface area contributed by atoms with Gasteiger partial charge >= 0.3 is 0 Å². The van der Waals surface area contributed by atoms with E-state index in [1.54, 1.807) is 0 Å². The van der Waals surface area contributed by atoms with Crippen molar-refractivity contribution in [3.8, 4) is 0 Å². The molecule has 0 aromatic carbocycles. The van der Waals surface area contributed by atoms with E-state index in [-0.39, 0.29) is 23.7 Å². The van der Waals surface area contributed by atoms with Crippen LogP contribution in [0.3, 0.4) is 0 Å². The molecule has 2 unspecified atom stereocenters. The zero-order valence-corrected chi connectivity index (χ0v) is 14.5. The van der Waals surface area contributed by atoms with E-state index < -0.39 is 0 Å². The molecule has 3 rings (SSSR count). The van der Waals surface area contributed by atoms with E-state index in [1.807, 2.05) is 4.90 Å². The van der Waals surface area contributed by atoms with E-state index in [0.29, 0.717) is 45.2 Å². The number of hydrogen-bond acceptors (Lipinski definition) is 3. The standard InChI is InChI=1S/C19H30N2O3/c22-18(20-15-7-3-1-2-4-8-15)16-9-5-6-10-17(16)19(23)21-11-13-24-14-12-21/h5-6,15-17H,1-4,7-14H2,(H,20,22). The predicted octanol–water partition coefficient (Wildman–Crippen LogP) is 2.27. The highest BCUT2D eigenvalue weighted by atomic mass is 16.5. The summed E-state index contributed by atoms with van der Waals surface area (Å²) in [6.07, 6.45) is 12.6.